The zero-order valence-corrected chi connectivity index (χ0v) is 38.3. The van der Waals surface area contributed by atoms with Gasteiger partial charge in [-0.25, -0.2) is 16.8 Å². The van der Waals surface area contributed by atoms with Crippen molar-refractivity contribution in [1.82, 2.24) is 0 Å². The van der Waals surface area contributed by atoms with Gasteiger partial charge in [-0.15, -0.1) is 5.11 Å². The first-order valence-electron chi connectivity index (χ1n) is 14.9. The molecule has 6 aromatic carbocycles. The van der Waals surface area contributed by atoms with Gasteiger partial charge in [0.1, 0.15) is 25.9 Å². The first kappa shape index (κ1) is 47.1. The molecule has 0 aromatic heterocycles. The van der Waals surface area contributed by atoms with E-state index in [2.05, 4.69) is 35.1 Å². The Morgan fingerprint density at radius 2 is 1.29 bits per heavy atom. The minimum atomic E-state index is -5.11. The molecule has 0 amide bonds. The van der Waals surface area contributed by atoms with Crippen LogP contribution in [0.3, 0.4) is 0 Å². The fourth-order valence-corrected chi connectivity index (χ4v) is 7.23. The predicted molar refractivity (Wildman–Crippen MR) is 188 cm³/mol. The van der Waals surface area contributed by atoms with Gasteiger partial charge in [0.05, 0.1) is 43.8 Å². The third-order valence-electron chi connectivity index (χ3n) is 7.75. The molecule has 0 bridgehead atoms. The summed E-state index contributed by atoms with van der Waals surface area (Å²) in [6.45, 7) is 3.38. The number of rotatable bonds is 11. The maximum absolute atomic E-state index is 12.0. The number of aryl methyl sites for hydroxylation is 2. The van der Waals surface area contributed by atoms with E-state index in [-0.39, 0.29) is 121 Å². The minimum absolute atomic E-state index is 0. The molecule has 6 rings (SSSR count). The zero-order chi connectivity index (χ0) is 37.2. The van der Waals surface area contributed by atoms with Crippen molar-refractivity contribution in [2.45, 2.75) is 28.5 Å². The van der Waals surface area contributed by atoms with Crippen LogP contribution in [-0.2, 0) is 29.6 Å². The smallest absolute Gasteiger partial charge is 0.744 e. The fourth-order valence-electron chi connectivity index (χ4n) is 5.34. The van der Waals surface area contributed by atoms with E-state index in [9.17, 15) is 36.3 Å². The Morgan fingerprint density at radius 3 is 1.91 bits per heavy atom. The van der Waals surface area contributed by atoms with Crippen molar-refractivity contribution in [2.75, 3.05) is 5.32 Å². The molecule has 15 nitrogen and oxygen atoms in total. The average molecular weight is 828 g/mol. The average Bonchev–Trinajstić information content (AvgIpc) is 3.10. The standard InChI is InChI=1S/C34H27N5O10S3.3Na/c1-19-14-29(20(2)13-28(19)37-36-24-17-27-26(32(18-24)52(45,46)47)9-6-10-31(27)51(42,43)44)38-39-33-30(50-49-48-41)16-21-15-23(11-12-25(21)34(33)40)35-22-7-4-3-5-8-22;;;/h3-18,35,40-41H,1-2H3,(H,42,43,44)(H,45,46,47);;;/q;3*+1/p-3. The number of hydrogen-bond acceptors (Lipinski definition) is 16. The molecule has 0 aliphatic rings. The summed E-state index contributed by atoms with van der Waals surface area (Å²) in [6.07, 6.45) is 0. The number of fused-ring (bicyclic) bond motifs is 2. The summed E-state index contributed by atoms with van der Waals surface area (Å²) in [5, 5.41) is 46.0. The van der Waals surface area contributed by atoms with Crippen molar-refractivity contribution in [3.8, 4) is 5.75 Å². The molecule has 0 saturated heterocycles. The maximum Gasteiger partial charge on any atom is 1.00 e. The molecule has 0 heterocycles. The molecule has 21 heteroatoms. The van der Waals surface area contributed by atoms with E-state index in [1.54, 1.807) is 50.2 Å². The van der Waals surface area contributed by atoms with E-state index >= 15 is 0 Å². The Labute approximate surface area is 386 Å². The quantitative estimate of drug-likeness (QED) is 0.0397. The summed E-state index contributed by atoms with van der Waals surface area (Å²) < 4.78 is 76.3. The summed E-state index contributed by atoms with van der Waals surface area (Å²) in [5.74, 6) is -0.230. The van der Waals surface area contributed by atoms with E-state index in [1.165, 1.54) is 6.07 Å². The number of phenolic OH excluding ortho intramolecular Hbond substituents is 1. The largest absolute Gasteiger partial charge is 1.00 e. The minimum Gasteiger partial charge on any atom is -0.744 e. The number of para-hydroxylation sites is 1. The van der Waals surface area contributed by atoms with Gasteiger partial charge in [0.15, 0.2) is 5.75 Å². The Kier molecular flexibility index (Phi) is 17.0. The van der Waals surface area contributed by atoms with E-state index in [4.69, 9.17) is 0 Å². The van der Waals surface area contributed by atoms with E-state index < -0.39 is 30.0 Å². The molecule has 0 atom stereocenters. The molecule has 0 unspecified atom stereocenters. The zero-order valence-electron chi connectivity index (χ0n) is 29.9. The number of azo groups is 2. The van der Waals surface area contributed by atoms with Gasteiger partial charge in [-0.1, -0.05) is 30.3 Å². The van der Waals surface area contributed by atoms with Crippen molar-refractivity contribution in [3.63, 3.8) is 0 Å². The molecule has 0 aliphatic heterocycles. The molecule has 0 spiro atoms. The molecule has 0 fully saturated rings. The second-order valence-electron chi connectivity index (χ2n) is 11.2. The van der Waals surface area contributed by atoms with Crippen molar-refractivity contribution in [3.05, 3.63) is 108 Å². The van der Waals surface area contributed by atoms with Gasteiger partial charge >= 0.3 is 88.7 Å². The molecular formula is C34H24N5Na3O10S3. The van der Waals surface area contributed by atoms with Crippen LogP contribution in [-0.4, -0.2) is 31.0 Å². The maximum atomic E-state index is 12.0. The molecule has 266 valence electrons. The Bertz CT molecular complexity index is 2650. The second kappa shape index (κ2) is 19.9. The van der Waals surface area contributed by atoms with Crippen LogP contribution in [0.2, 0.25) is 0 Å². The molecule has 55 heavy (non-hydrogen) atoms. The molecule has 2 N–H and O–H groups in total. The Balaban J connectivity index is 0.00000271. The molecular weight excluding hydrogens is 804 g/mol. The van der Waals surface area contributed by atoms with Crippen molar-refractivity contribution >= 4 is 87.9 Å². The molecule has 0 saturated carbocycles. The van der Waals surface area contributed by atoms with E-state index in [1.807, 2.05) is 30.3 Å². The van der Waals surface area contributed by atoms with Gasteiger partial charge in [-0.05, 0) is 97.1 Å². The van der Waals surface area contributed by atoms with Crippen molar-refractivity contribution in [2.24, 2.45) is 20.5 Å². The van der Waals surface area contributed by atoms with Crippen LogP contribution in [0, 0.1) is 13.8 Å². The van der Waals surface area contributed by atoms with Crippen LogP contribution in [0.1, 0.15) is 11.1 Å². The predicted octanol–water partition coefficient (Wildman–Crippen LogP) is -1.06. The van der Waals surface area contributed by atoms with Crippen LogP contribution in [0.25, 0.3) is 21.5 Å². The number of nitrogens with zero attached hydrogens (tertiary/aromatic N) is 4. The second-order valence-corrected chi connectivity index (χ2v) is 14.7. The SMILES string of the molecule is Cc1cc(N=Nc2c(SOO[O-])cc3cc(Nc4ccccc4)ccc3c2O)c(C)cc1N=Nc1cc(S(=O)(=O)[O-])c2cccc(S(=O)(=O)[O-])c2c1.[Na+].[Na+].[Na+]. The summed E-state index contributed by atoms with van der Waals surface area (Å²) in [6, 6.07) is 25.1. The summed E-state index contributed by atoms with van der Waals surface area (Å²) >= 11 is 0.536. The number of nitrogens with one attached hydrogen (secondary N) is 1. The number of phenols is 1. The first-order chi connectivity index (χ1) is 24.7. The third kappa shape index (κ3) is 11.2. The van der Waals surface area contributed by atoms with Gasteiger partial charge in [-0.2, -0.15) is 19.7 Å². The van der Waals surface area contributed by atoms with Gasteiger partial charge in [0, 0.05) is 27.5 Å². The normalized spacial score (nSPS) is 11.7. The third-order valence-corrected chi connectivity index (χ3v) is 10.1. The summed E-state index contributed by atoms with van der Waals surface area (Å²) in [4.78, 5) is -1.26. The van der Waals surface area contributed by atoms with Gasteiger partial charge in [0.2, 0.25) is 0 Å². The van der Waals surface area contributed by atoms with Crippen LogP contribution in [0.5, 0.6) is 5.75 Å². The molecule has 0 radical (unpaired) electrons. The summed E-state index contributed by atoms with van der Waals surface area (Å²) in [7, 11) is -10.1. The fraction of sp³-hybridized carbons (Fsp3) is 0.0588. The van der Waals surface area contributed by atoms with Crippen LogP contribution in [0.4, 0.5) is 34.1 Å². The molecule has 0 aliphatic carbocycles. The topological polar surface area (TPSA) is 238 Å². The Morgan fingerprint density at radius 1 is 0.655 bits per heavy atom. The van der Waals surface area contributed by atoms with Gasteiger partial charge < -0.3 is 24.8 Å². The van der Waals surface area contributed by atoms with Crippen LogP contribution >= 0.6 is 12.0 Å². The van der Waals surface area contributed by atoms with Gasteiger partial charge in [-0.3, -0.25) is 5.04 Å². The van der Waals surface area contributed by atoms with Crippen LogP contribution in [0.15, 0.2) is 132 Å². The molecule has 6 aromatic rings. The number of anilines is 2. The number of hydrogen-bond donors (Lipinski definition) is 2. The number of aromatic hydroxyl groups is 1. The van der Waals surface area contributed by atoms with E-state index in [0.717, 1.165) is 35.6 Å². The van der Waals surface area contributed by atoms with Crippen LogP contribution < -0.4 is 99.2 Å². The first-order valence-corrected chi connectivity index (χ1v) is 18.5. The van der Waals surface area contributed by atoms with Crippen molar-refractivity contribution in [1.29, 1.82) is 0 Å². The van der Waals surface area contributed by atoms with E-state index in [0.29, 0.717) is 45.3 Å². The van der Waals surface area contributed by atoms with Gasteiger partial charge in [0.25, 0.3) is 0 Å². The number of benzene rings is 6. The monoisotopic (exact) mass is 827 g/mol. The Hall–Kier alpha value is -2.31. The van der Waals surface area contributed by atoms with Crippen molar-refractivity contribution < 1.29 is 134 Å². The summed E-state index contributed by atoms with van der Waals surface area (Å²) in [5.41, 5.74) is 3.16.